The number of carbonyl (C=O) groups excluding carboxylic acids is 1. The molecule has 2 aromatic rings. The summed E-state index contributed by atoms with van der Waals surface area (Å²) in [6, 6.07) is 13.7. The van der Waals surface area contributed by atoms with E-state index in [2.05, 4.69) is 23.6 Å². The van der Waals surface area contributed by atoms with Crippen molar-refractivity contribution >= 4 is 17.3 Å². The third-order valence-corrected chi connectivity index (χ3v) is 3.86. The van der Waals surface area contributed by atoms with E-state index in [0.717, 1.165) is 29.1 Å². The lowest BCUT2D eigenvalue weighted by atomic mass is 10.1. The molecule has 2 N–H and O–H groups in total. The molecule has 4 nitrogen and oxygen atoms in total. The second kappa shape index (κ2) is 8.39. The van der Waals surface area contributed by atoms with Crippen molar-refractivity contribution in [1.29, 1.82) is 0 Å². The molecule has 1 amide bonds. The first-order valence-electron chi connectivity index (χ1n) is 8.35. The van der Waals surface area contributed by atoms with E-state index in [1.165, 1.54) is 5.56 Å². The van der Waals surface area contributed by atoms with Crippen molar-refractivity contribution in [3.63, 3.8) is 0 Å². The van der Waals surface area contributed by atoms with Crippen molar-refractivity contribution in [3.8, 4) is 5.75 Å². The van der Waals surface area contributed by atoms with Crippen LogP contribution in [-0.4, -0.2) is 18.6 Å². The van der Waals surface area contributed by atoms with E-state index in [1.807, 2.05) is 57.2 Å². The van der Waals surface area contributed by atoms with Gasteiger partial charge in [-0.2, -0.15) is 0 Å². The van der Waals surface area contributed by atoms with Crippen LogP contribution in [0.3, 0.4) is 0 Å². The number of aryl methyl sites for hydroxylation is 2. The molecule has 1 atom stereocenters. The van der Waals surface area contributed by atoms with Crippen LogP contribution in [0, 0.1) is 13.8 Å². The molecule has 0 aliphatic rings. The molecule has 0 saturated carbocycles. The maximum Gasteiger partial charge on any atom is 0.243 e. The summed E-state index contributed by atoms with van der Waals surface area (Å²) in [5.41, 5.74) is 3.96. The van der Waals surface area contributed by atoms with Gasteiger partial charge in [0.1, 0.15) is 5.75 Å². The maximum atomic E-state index is 12.1. The van der Waals surface area contributed by atoms with Gasteiger partial charge in [-0.25, -0.2) is 0 Å². The lowest BCUT2D eigenvalue weighted by molar-refractivity contribution is -0.114. The average Bonchev–Trinajstić information content (AvgIpc) is 2.56. The molecule has 1 unspecified atom stereocenters. The number of hydrogen-bond acceptors (Lipinski definition) is 3. The van der Waals surface area contributed by atoms with E-state index in [1.54, 1.807) is 0 Å². The van der Waals surface area contributed by atoms with E-state index in [9.17, 15) is 4.79 Å². The fraction of sp³-hybridized carbons (Fsp3) is 0.350. The highest BCUT2D eigenvalue weighted by molar-refractivity contribution is 5.94. The van der Waals surface area contributed by atoms with Gasteiger partial charge in [-0.05, 0) is 51.0 Å². The zero-order valence-corrected chi connectivity index (χ0v) is 14.8. The van der Waals surface area contributed by atoms with Gasteiger partial charge < -0.3 is 15.4 Å². The SMILES string of the molecule is CCC(C)Oc1cccc(NCC(=O)Nc2ccc(C)cc2C)c1. The Morgan fingerprint density at radius 2 is 1.96 bits per heavy atom. The van der Waals surface area contributed by atoms with Crippen LogP contribution < -0.4 is 15.4 Å². The largest absolute Gasteiger partial charge is 0.491 e. The number of benzene rings is 2. The van der Waals surface area contributed by atoms with Crippen LogP contribution in [-0.2, 0) is 4.79 Å². The number of carbonyl (C=O) groups is 1. The summed E-state index contributed by atoms with van der Waals surface area (Å²) in [5.74, 6) is 0.735. The maximum absolute atomic E-state index is 12.1. The number of rotatable bonds is 7. The Morgan fingerprint density at radius 3 is 2.67 bits per heavy atom. The summed E-state index contributed by atoms with van der Waals surface area (Å²) in [7, 11) is 0. The molecule has 24 heavy (non-hydrogen) atoms. The van der Waals surface area contributed by atoms with Crippen LogP contribution in [0.25, 0.3) is 0 Å². The molecule has 0 aliphatic heterocycles. The van der Waals surface area contributed by atoms with E-state index in [4.69, 9.17) is 4.74 Å². The van der Waals surface area contributed by atoms with Gasteiger partial charge in [0.15, 0.2) is 0 Å². The number of amides is 1. The molecule has 0 heterocycles. The zero-order chi connectivity index (χ0) is 17.5. The molecule has 0 fully saturated rings. The standard InChI is InChI=1S/C20H26N2O2/c1-5-16(4)24-18-8-6-7-17(12-18)21-13-20(23)22-19-10-9-14(2)11-15(19)3/h6-12,16,21H,5,13H2,1-4H3,(H,22,23). The van der Waals surface area contributed by atoms with Crippen molar-refractivity contribution in [3.05, 3.63) is 53.6 Å². The van der Waals surface area contributed by atoms with Crippen LogP contribution in [0.5, 0.6) is 5.75 Å². The lowest BCUT2D eigenvalue weighted by Crippen LogP contribution is -2.22. The molecule has 0 spiro atoms. The van der Waals surface area contributed by atoms with Gasteiger partial charge in [-0.1, -0.05) is 30.7 Å². The molecule has 0 bridgehead atoms. The molecule has 0 radical (unpaired) electrons. The second-order valence-corrected chi connectivity index (χ2v) is 6.08. The minimum Gasteiger partial charge on any atom is -0.491 e. The summed E-state index contributed by atoms with van der Waals surface area (Å²) >= 11 is 0. The predicted molar refractivity (Wildman–Crippen MR) is 99.9 cm³/mol. The smallest absolute Gasteiger partial charge is 0.243 e. The fourth-order valence-electron chi connectivity index (χ4n) is 2.33. The van der Waals surface area contributed by atoms with Gasteiger partial charge in [-0.3, -0.25) is 4.79 Å². The molecular formula is C20H26N2O2. The Kier molecular flexibility index (Phi) is 6.24. The Labute approximate surface area is 144 Å². The number of hydrogen-bond donors (Lipinski definition) is 2. The van der Waals surface area contributed by atoms with Crippen molar-refractivity contribution in [1.82, 2.24) is 0 Å². The van der Waals surface area contributed by atoms with Crippen LogP contribution >= 0.6 is 0 Å². The molecule has 2 aromatic carbocycles. The first-order valence-corrected chi connectivity index (χ1v) is 8.35. The van der Waals surface area contributed by atoms with E-state index < -0.39 is 0 Å². The van der Waals surface area contributed by atoms with Crippen LogP contribution in [0.2, 0.25) is 0 Å². The highest BCUT2D eigenvalue weighted by Crippen LogP contribution is 2.19. The first-order chi connectivity index (χ1) is 11.5. The Hall–Kier alpha value is -2.49. The minimum atomic E-state index is -0.0739. The fourth-order valence-corrected chi connectivity index (χ4v) is 2.33. The van der Waals surface area contributed by atoms with Gasteiger partial charge in [0, 0.05) is 17.4 Å². The Morgan fingerprint density at radius 1 is 1.17 bits per heavy atom. The summed E-state index contributed by atoms with van der Waals surface area (Å²) in [4.78, 5) is 12.1. The second-order valence-electron chi connectivity index (χ2n) is 6.08. The highest BCUT2D eigenvalue weighted by Gasteiger charge is 2.06. The Bertz CT molecular complexity index is 698. The topological polar surface area (TPSA) is 50.4 Å². The predicted octanol–water partition coefficient (Wildman–Crippen LogP) is 4.53. The molecule has 128 valence electrons. The van der Waals surface area contributed by atoms with E-state index in [0.29, 0.717) is 0 Å². The first kappa shape index (κ1) is 17.9. The third-order valence-electron chi connectivity index (χ3n) is 3.86. The van der Waals surface area contributed by atoms with E-state index in [-0.39, 0.29) is 18.6 Å². The molecule has 2 rings (SSSR count). The number of ether oxygens (including phenoxy) is 1. The van der Waals surface area contributed by atoms with Crippen molar-refractivity contribution in [2.45, 2.75) is 40.2 Å². The van der Waals surface area contributed by atoms with E-state index >= 15 is 0 Å². The number of anilines is 2. The minimum absolute atomic E-state index is 0.0739. The zero-order valence-electron chi connectivity index (χ0n) is 14.8. The van der Waals surface area contributed by atoms with Gasteiger partial charge >= 0.3 is 0 Å². The lowest BCUT2D eigenvalue weighted by Gasteiger charge is -2.14. The van der Waals surface area contributed by atoms with Gasteiger partial charge in [0.2, 0.25) is 5.91 Å². The van der Waals surface area contributed by atoms with Crippen molar-refractivity contribution < 1.29 is 9.53 Å². The molecule has 4 heteroatoms. The molecule has 0 saturated heterocycles. The van der Waals surface area contributed by atoms with Crippen LogP contribution in [0.4, 0.5) is 11.4 Å². The molecule has 0 aliphatic carbocycles. The Balaban J connectivity index is 1.90. The number of nitrogens with one attached hydrogen (secondary N) is 2. The molecular weight excluding hydrogens is 300 g/mol. The quantitative estimate of drug-likeness (QED) is 0.786. The third kappa shape index (κ3) is 5.30. The van der Waals surface area contributed by atoms with Crippen molar-refractivity contribution in [2.24, 2.45) is 0 Å². The van der Waals surface area contributed by atoms with Gasteiger partial charge in [0.05, 0.1) is 12.6 Å². The summed E-state index contributed by atoms with van der Waals surface area (Å²) in [5, 5.41) is 6.07. The highest BCUT2D eigenvalue weighted by atomic mass is 16.5. The van der Waals surface area contributed by atoms with Gasteiger partial charge in [0.25, 0.3) is 0 Å². The normalized spacial score (nSPS) is 11.7. The summed E-state index contributed by atoms with van der Waals surface area (Å²) in [6.07, 6.45) is 1.13. The average molecular weight is 326 g/mol. The van der Waals surface area contributed by atoms with Crippen LogP contribution in [0.1, 0.15) is 31.4 Å². The van der Waals surface area contributed by atoms with Crippen LogP contribution in [0.15, 0.2) is 42.5 Å². The summed E-state index contributed by atoms with van der Waals surface area (Å²) < 4.78 is 5.79. The van der Waals surface area contributed by atoms with Crippen molar-refractivity contribution in [2.75, 3.05) is 17.2 Å². The molecule has 0 aromatic heterocycles. The van der Waals surface area contributed by atoms with Gasteiger partial charge in [-0.15, -0.1) is 0 Å². The summed E-state index contributed by atoms with van der Waals surface area (Å²) in [6.45, 7) is 8.36. The monoisotopic (exact) mass is 326 g/mol.